The van der Waals surface area contributed by atoms with Gasteiger partial charge in [-0.15, -0.1) is 0 Å². The summed E-state index contributed by atoms with van der Waals surface area (Å²) in [6.45, 7) is 4.98. The smallest absolute Gasteiger partial charge is 0.243 e. The van der Waals surface area contributed by atoms with Crippen molar-refractivity contribution in [2.24, 2.45) is 5.92 Å². The summed E-state index contributed by atoms with van der Waals surface area (Å²) in [6.07, 6.45) is -1.72. The van der Waals surface area contributed by atoms with Gasteiger partial charge in [0.1, 0.15) is 5.82 Å². The fraction of sp³-hybridized carbons (Fsp3) is 0.467. The number of hydrogen-bond donors (Lipinski definition) is 0. The fourth-order valence-electron chi connectivity index (χ4n) is 2.80. The van der Waals surface area contributed by atoms with Crippen LogP contribution in [0.4, 0.5) is 14.6 Å². The zero-order chi connectivity index (χ0) is 14.3. The number of anilines is 1. The van der Waals surface area contributed by atoms with Crippen LogP contribution in [0.15, 0.2) is 18.2 Å². The molecule has 0 N–H and O–H groups in total. The van der Waals surface area contributed by atoms with Crippen LogP contribution >= 0.6 is 0 Å². The zero-order valence-corrected chi connectivity index (χ0v) is 11.6. The molecule has 0 amide bonds. The minimum absolute atomic E-state index is 0.376. The van der Waals surface area contributed by atoms with Gasteiger partial charge in [0.15, 0.2) is 5.65 Å². The first-order valence-electron chi connectivity index (χ1n) is 6.82. The van der Waals surface area contributed by atoms with Crippen LogP contribution < -0.4 is 4.90 Å². The van der Waals surface area contributed by atoms with Gasteiger partial charge in [0.05, 0.1) is 0 Å². The second-order valence-corrected chi connectivity index (χ2v) is 5.45. The highest BCUT2D eigenvalue weighted by Crippen LogP contribution is 2.28. The van der Waals surface area contributed by atoms with Gasteiger partial charge in [0, 0.05) is 30.1 Å². The van der Waals surface area contributed by atoms with Crippen molar-refractivity contribution in [1.29, 1.82) is 0 Å². The van der Waals surface area contributed by atoms with Gasteiger partial charge in [0.2, 0.25) is 6.43 Å². The van der Waals surface area contributed by atoms with Crippen LogP contribution in [0.3, 0.4) is 0 Å². The number of hydrogen-bond acceptors (Lipinski definition) is 3. The molecule has 1 fully saturated rings. The molecule has 20 heavy (non-hydrogen) atoms. The van der Waals surface area contributed by atoms with Crippen molar-refractivity contribution in [1.82, 2.24) is 9.97 Å². The van der Waals surface area contributed by atoms with Crippen LogP contribution in [0.5, 0.6) is 0 Å². The van der Waals surface area contributed by atoms with Gasteiger partial charge in [-0.1, -0.05) is 0 Å². The van der Waals surface area contributed by atoms with Crippen molar-refractivity contribution in [3.8, 4) is 0 Å². The molecule has 1 aliphatic rings. The van der Waals surface area contributed by atoms with E-state index in [1.165, 1.54) is 0 Å². The summed E-state index contributed by atoms with van der Waals surface area (Å²) in [4.78, 5) is 10.9. The number of nitrogens with zero attached hydrogens (tertiary/aromatic N) is 3. The summed E-state index contributed by atoms with van der Waals surface area (Å²) in [5.41, 5.74) is 2.76. The third-order valence-corrected chi connectivity index (χ3v) is 3.90. The molecule has 0 saturated carbocycles. The van der Waals surface area contributed by atoms with Crippen LogP contribution in [0.2, 0.25) is 0 Å². The topological polar surface area (TPSA) is 29.0 Å². The molecule has 0 aromatic carbocycles. The highest BCUT2D eigenvalue weighted by atomic mass is 19.3. The van der Waals surface area contributed by atoms with E-state index in [0.29, 0.717) is 25.2 Å². The van der Waals surface area contributed by atoms with Crippen LogP contribution in [-0.2, 0) is 0 Å². The number of aryl methyl sites for hydroxylation is 2. The van der Waals surface area contributed by atoms with E-state index >= 15 is 0 Å². The number of halogens is 2. The molecule has 3 nitrogen and oxygen atoms in total. The summed E-state index contributed by atoms with van der Waals surface area (Å²) < 4.78 is 25.5. The number of alkyl halides is 2. The second-order valence-electron chi connectivity index (χ2n) is 5.45. The summed E-state index contributed by atoms with van der Waals surface area (Å²) in [5, 5.41) is 1.02. The molecule has 1 saturated heterocycles. The molecule has 3 rings (SSSR count). The maximum atomic E-state index is 12.7. The first-order chi connectivity index (χ1) is 9.54. The van der Waals surface area contributed by atoms with Gasteiger partial charge in [0.25, 0.3) is 0 Å². The third kappa shape index (κ3) is 2.32. The van der Waals surface area contributed by atoms with Crippen molar-refractivity contribution in [3.63, 3.8) is 0 Å². The van der Waals surface area contributed by atoms with Crippen molar-refractivity contribution < 1.29 is 8.78 Å². The Morgan fingerprint density at radius 3 is 2.75 bits per heavy atom. The van der Waals surface area contributed by atoms with Crippen molar-refractivity contribution in [2.45, 2.75) is 26.7 Å². The van der Waals surface area contributed by atoms with E-state index in [0.717, 1.165) is 22.5 Å². The van der Waals surface area contributed by atoms with Crippen molar-refractivity contribution in [2.75, 3.05) is 18.0 Å². The number of aromatic nitrogens is 2. The lowest BCUT2D eigenvalue weighted by atomic mass is 10.1. The Balaban J connectivity index is 1.94. The van der Waals surface area contributed by atoms with Gasteiger partial charge >= 0.3 is 0 Å². The first kappa shape index (κ1) is 13.2. The molecule has 0 spiro atoms. The largest absolute Gasteiger partial charge is 0.356 e. The van der Waals surface area contributed by atoms with Gasteiger partial charge in [-0.2, -0.15) is 0 Å². The van der Waals surface area contributed by atoms with Crippen LogP contribution in [0, 0.1) is 19.8 Å². The zero-order valence-electron chi connectivity index (χ0n) is 11.6. The number of fused-ring (bicyclic) bond motifs is 1. The lowest BCUT2D eigenvalue weighted by Crippen LogP contribution is -2.22. The van der Waals surface area contributed by atoms with E-state index in [1.807, 2.05) is 36.9 Å². The maximum absolute atomic E-state index is 12.7. The molecular formula is C15H17F2N3. The van der Waals surface area contributed by atoms with E-state index in [9.17, 15) is 8.78 Å². The highest BCUT2D eigenvalue weighted by molar-refractivity contribution is 5.80. The molecule has 3 heterocycles. The molecule has 5 heteroatoms. The summed E-state index contributed by atoms with van der Waals surface area (Å²) in [6, 6.07) is 5.90. The number of rotatable bonds is 2. The van der Waals surface area contributed by atoms with Crippen LogP contribution in [0.1, 0.15) is 17.7 Å². The molecule has 0 aliphatic carbocycles. The molecule has 0 radical (unpaired) electrons. The van der Waals surface area contributed by atoms with Gasteiger partial charge in [-0.25, -0.2) is 18.7 Å². The molecule has 106 valence electrons. The van der Waals surface area contributed by atoms with E-state index in [4.69, 9.17) is 0 Å². The summed E-state index contributed by atoms with van der Waals surface area (Å²) in [5.74, 6) is 0.206. The fourth-order valence-corrected chi connectivity index (χ4v) is 2.80. The molecular weight excluding hydrogens is 260 g/mol. The minimum Gasteiger partial charge on any atom is -0.356 e. The van der Waals surface area contributed by atoms with Crippen molar-refractivity contribution in [3.05, 3.63) is 29.5 Å². The monoisotopic (exact) mass is 277 g/mol. The Morgan fingerprint density at radius 1 is 1.25 bits per heavy atom. The van der Waals surface area contributed by atoms with E-state index in [1.54, 1.807) is 0 Å². The Bertz CT molecular complexity index is 642. The molecule has 2 aromatic heterocycles. The summed E-state index contributed by atoms with van der Waals surface area (Å²) in [7, 11) is 0. The average Bonchev–Trinajstić information content (AvgIpc) is 2.87. The minimum atomic E-state index is -2.25. The molecule has 2 aromatic rings. The maximum Gasteiger partial charge on any atom is 0.243 e. The lowest BCUT2D eigenvalue weighted by Gasteiger charge is -2.18. The Labute approximate surface area is 116 Å². The second kappa shape index (κ2) is 4.96. The first-order valence-corrected chi connectivity index (χ1v) is 6.82. The highest BCUT2D eigenvalue weighted by Gasteiger charge is 2.30. The Kier molecular flexibility index (Phi) is 3.28. The predicted molar refractivity (Wildman–Crippen MR) is 75.3 cm³/mol. The van der Waals surface area contributed by atoms with Crippen LogP contribution in [-0.4, -0.2) is 29.5 Å². The molecule has 0 bridgehead atoms. The standard InChI is InChI=1S/C15H17F2N3/c1-9-7-10(2)18-15-12(9)3-4-13(19-15)20-6-5-11(8-20)14(16)17/h3-4,7,11,14H,5-6,8H2,1-2H3. The van der Waals surface area contributed by atoms with Crippen LogP contribution in [0.25, 0.3) is 11.0 Å². The Hall–Kier alpha value is -1.78. The quantitative estimate of drug-likeness (QED) is 0.843. The molecule has 1 aliphatic heterocycles. The summed E-state index contributed by atoms with van der Waals surface area (Å²) >= 11 is 0. The number of pyridine rings is 2. The third-order valence-electron chi connectivity index (χ3n) is 3.90. The van der Waals surface area contributed by atoms with E-state index < -0.39 is 12.3 Å². The SMILES string of the molecule is Cc1cc(C)c2ccc(N3CCC(C(F)F)C3)nc2n1. The Morgan fingerprint density at radius 2 is 2.05 bits per heavy atom. The van der Waals surface area contributed by atoms with E-state index in [-0.39, 0.29) is 0 Å². The van der Waals surface area contributed by atoms with Crippen molar-refractivity contribution >= 4 is 16.9 Å². The molecule has 1 unspecified atom stereocenters. The van der Waals surface area contributed by atoms with Gasteiger partial charge in [-0.3, -0.25) is 0 Å². The van der Waals surface area contributed by atoms with Gasteiger partial charge < -0.3 is 4.90 Å². The lowest BCUT2D eigenvalue weighted by molar-refractivity contribution is 0.0880. The average molecular weight is 277 g/mol. The van der Waals surface area contributed by atoms with E-state index in [2.05, 4.69) is 9.97 Å². The predicted octanol–water partition coefficient (Wildman–Crippen LogP) is 3.34. The van der Waals surface area contributed by atoms with Gasteiger partial charge in [-0.05, 0) is 44.0 Å². The normalized spacial score (nSPS) is 19.2. The molecule has 1 atom stereocenters.